The van der Waals surface area contributed by atoms with Crippen LogP contribution in [0, 0.1) is 0 Å². The molecule has 0 aromatic rings. The highest BCUT2D eigenvalue weighted by molar-refractivity contribution is 5.72. The van der Waals surface area contributed by atoms with Gasteiger partial charge in [0.15, 0.2) is 0 Å². The molecular formula is C18H30N2O4. The van der Waals surface area contributed by atoms with E-state index < -0.39 is 11.2 Å². The molecule has 2 aliphatic heterocycles. The summed E-state index contributed by atoms with van der Waals surface area (Å²) in [5.41, 5.74) is -1.06. The Morgan fingerprint density at radius 3 is 1.67 bits per heavy atom. The van der Waals surface area contributed by atoms with Gasteiger partial charge < -0.3 is 14.4 Å². The predicted molar refractivity (Wildman–Crippen MR) is 91.8 cm³/mol. The van der Waals surface area contributed by atoms with Crippen molar-refractivity contribution in [2.75, 3.05) is 13.1 Å². The second-order valence-corrected chi connectivity index (χ2v) is 8.52. The van der Waals surface area contributed by atoms with Gasteiger partial charge in [-0.25, -0.2) is 9.59 Å². The quantitative estimate of drug-likeness (QED) is 0.634. The van der Waals surface area contributed by atoms with Crippen LogP contribution < -0.4 is 0 Å². The number of amides is 2. The van der Waals surface area contributed by atoms with Crippen LogP contribution in [0.25, 0.3) is 0 Å². The Hall–Kier alpha value is -1.72. The third kappa shape index (κ3) is 4.89. The van der Waals surface area contributed by atoms with Gasteiger partial charge in [-0.05, 0) is 54.4 Å². The van der Waals surface area contributed by atoms with E-state index in [1.807, 2.05) is 46.4 Å². The van der Waals surface area contributed by atoms with Crippen LogP contribution in [-0.4, -0.2) is 58.4 Å². The Labute approximate surface area is 144 Å². The average molecular weight is 338 g/mol. The summed E-state index contributed by atoms with van der Waals surface area (Å²) >= 11 is 0. The monoisotopic (exact) mass is 338 g/mol. The van der Waals surface area contributed by atoms with Crippen molar-refractivity contribution in [2.24, 2.45) is 0 Å². The lowest BCUT2D eigenvalue weighted by Gasteiger charge is -2.45. The van der Waals surface area contributed by atoms with E-state index in [1.54, 1.807) is 4.90 Å². The first kappa shape index (κ1) is 18.6. The lowest BCUT2D eigenvalue weighted by molar-refractivity contribution is -0.0302. The fraction of sp³-hybridized carbons (Fsp3) is 0.778. The molecule has 2 atom stereocenters. The Kier molecular flexibility index (Phi) is 5.16. The number of fused-ring (bicyclic) bond motifs is 2. The van der Waals surface area contributed by atoms with E-state index in [9.17, 15) is 9.59 Å². The summed E-state index contributed by atoms with van der Waals surface area (Å²) in [6.07, 6.45) is 4.99. The van der Waals surface area contributed by atoms with Crippen LogP contribution in [0.4, 0.5) is 9.59 Å². The number of ether oxygens (including phenoxy) is 2. The van der Waals surface area contributed by atoms with E-state index in [0.717, 1.165) is 12.8 Å². The summed E-state index contributed by atoms with van der Waals surface area (Å²) in [5.74, 6) is 0. The molecule has 6 nitrogen and oxygen atoms in total. The normalized spacial score (nSPS) is 24.4. The summed E-state index contributed by atoms with van der Waals surface area (Å²) in [4.78, 5) is 28.6. The highest BCUT2D eigenvalue weighted by atomic mass is 16.6. The lowest BCUT2D eigenvalue weighted by atomic mass is 10.0. The molecule has 1 fully saturated rings. The first-order valence-corrected chi connectivity index (χ1v) is 8.60. The van der Waals surface area contributed by atoms with Crippen molar-refractivity contribution in [3.63, 3.8) is 0 Å². The molecule has 2 heterocycles. The van der Waals surface area contributed by atoms with Crippen molar-refractivity contribution in [3.8, 4) is 0 Å². The maximum Gasteiger partial charge on any atom is 0.410 e. The lowest BCUT2D eigenvalue weighted by Crippen LogP contribution is -2.62. The van der Waals surface area contributed by atoms with E-state index in [2.05, 4.69) is 12.2 Å². The van der Waals surface area contributed by atoms with Gasteiger partial charge in [-0.15, -0.1) is 0 Å². The molecule has 0 spiro atoms. The van der Waals surface area contributed by atoms with E-state index in [1.165, 1.54) is 0 Å². The van der Waals surface area contributed by atoms with Crippen LogP contribution >= 0.6 is 0 Å². The van der Waals surface area contributed by atoms with Crippen LogP contribution in [0.2, 0.25) is 0 Å². The van der Waals surface area contributed by atoms with Gasteiger partial charge in [-0.1, -0.05) is 12.2 Å². The van der Waals surface area contributed by atoms with Crippen molar-refractivity contribution < 1.29 is 19.1 Å². The van der Waals surface area contributed by atoms with E-state index in [0.29, 0.717) is 13.1 Å². The number of hydrogen-bond donors (Lipinski definition) is 0. The summed E-state index contributed by atoms with van der Waals surface area (Å²) in [5, 5.41) is 0. The van der Waals surface area contributed by atoms with Crippen LogP contribution in [0.1, 0.15) is 54.4 Å². The maximum atomic E-state index is 12.6. The molecule has 0 radical (unpaired) electrons. The zero-order valence-corrected chi connectivity index (χ0v) is 15.7. The molecule has 136 valence electrons. The SMILES string of the molecule is CC(C)(C)OC(=O)N1C[C@H]2CC=CC[C@@H](C1)N2C(=O)OC(C)(C)C. The van der Waals surface area contributed by atoms with E-state index in [4.69, 9.17) is 9.47 Å². The Morgan fingerprint density at radius 2 is 1.25 bits per heavy atom. The summed E-state index contributed by atoms with van der Waals surface area (Å²) < 4.78 is 11.1. The van der Waals surface area contributed by atoms with Gasteiger partial charge >= 0.3 is 12.2 Å². The van der Waals surface area contributed by atoms with Crippen LogP contribution in [-0.2, 0) is 9.47 Å². The molecule has 6 heteroatoms. The molecule has 0 aromatic heterocycles. The van der Waals surface area contributed by atoms with Crippen molar-refractivity contribution in [3.05, 3.63) is 12.2 Å². The number of nitrogens with zero attached hydrogens (tertiary/aromatic N) is 2. The molecule has 2 bridgehead atoms. The number of hydrogen-bond acceptors (Lipinski definition) is 4. The van der Waals surface area contributed by atoms with Gasteiger partial charge in [0.25, 0.3) is 0 Å². The largest absolute Gasteiger partial charge is 0.444 e. The molecule has 2 amide bonds. The third-order valence-electron chi connectivity index (χ3n) is 3.89. The Morgan fingerprint density at radius 1 is 0.833 bits per heavy atom. The van der Waals surface area contributed by atoms with Gasteiger partial charge in [0, 0.05) is 13.1 Å². The standard InChI is InChI=1S/C18H30N2O4/c1-17(2,3)23-15(21)19-11-13-9-7-8-10-14(12-19)20(13)16(22)24-18(4,5)6/h7-8,13-14H,9-12H2,1-6H3/t13-,14+. The van der Waals surface area contributed by atoms with Crippen molar-refractivity contribution in [1.29, 1.82) is 0 Å². The van der Waals surface area contributed by atoms with Crippen LogP contribution in [0.3, 0.4) is 0 Å². The second kappa shape index (κ2) is 6.65. The molecule has 1 saturated heterocycles. The summed E-state index contributed by atoms with van der Waals surface area (Å²) in [6, 6.07) is -0.158. The van der Waals surface area contributed by atoms with Crippen LogP contribution in [0.15, 0.2) is 12.2 Å². The number of piperazine rings is 1. The average Bonchev–Trinajstić information content (AvgIpc) is 2.50. The van der Waals surface area contributed by atoms with Crippen molar-refractivity contribution in [2.45, 2.75) is 77.7 Å². The zero-order chi connectivity index (χ0) is 18.1. The first-order valence-electron chi connectivity index (χ1n) is 8.60. The van der Waals surface area contributed by atoms with Gasteiger partial charge in [-0.3, -0.25) is 4.90 Å². The molecule has 0 aromatic carbocycles. The summed E-state index contributed by atoms with van der Waals surface area (Å²) in [7, 11) is 0. The number of carbonyl (C=O) groups excluding carboxylic acids is 2. The molecule has 0 unspecified atom stereocenters. The van der Waals surface area contributed by atoms with Gasteiger partial charge in [0.1, 0.15) is 11.2 Å². The molecule has 0 saturated carbocycles. The fourth-order valence-electron chi connectivity index (χ4n) is 3.03. The Bertz CT molecular complexity index is 498. The first-order chi connectivity index (χ1) is 11.0. The molecule has 0 N–H and O–H groups in total. The number of rotatable bonds is 0. The molecular weight excluding hydrogens is 308 g/mol. The minimum absolute atomic E-state index is 0.0788. The highest BCUT2D eigenvalue weighted by Crippen LogP contribution is 2.27. The minimum Gasteiger partial charge on any atom is -0.444 e. The van der Waals surface area contributed by atoms with E-state index >= 15 is 0 Å². The molecule has 2 aliphatic rings. The van der Waals surface area contributed by atoms with E-state index in [-0.39, 0.29) is 24.3 Å². The predicted octanol–water partition coefficient (Wildman–Crippen LogP) is 3.56. The van der Waals surface area contributed by atoms with Gasteiger partial charge in [-0.2, -0.15) is 0 Å². The fourth-order valence-corrected chi connectivity index (χ4v) is 3.03. The molecule has 2 rings (SSSR count). The maximum absolute atomic E-state index is 12.6. The van der Waals surface area contributed by atoms with Gasteiger partial charge in [0.2, 0.25) is 0 Å². The second-order valence-electron chi connectivity index (χ2n) is 8.52. The number of carbonyl (C=O) groups is 2. The molecule has 0 aliphatic carbocycles. The smallest absolute Gasteiger partial charge is 0.410 e. The summed E-state index contributed by atoms with van der Waals surface area (Å²) in [6.45, 7) is 12.1. The highest BCUT2D eigenvalue weighted by Gasteiger charge is 2.41. The topological polar surface area (TPSA) is 59.1 Å². The van der Waals surface area contributed by atoms with Crippen molar-refractivity contribution >= 4 is 12.2 Å². The van der Waals surface area contributed by atoms with Gasteiger partial charge in [0.05, 0.1) is 12.1 Å². The zero-order valence-electron chi connectivity index (χ0n) is 15.7. The molecule has 24 heavy (non-hydrogen) atoms. The third-order valence-corrected chi connectivity index (χ3v) is 3.89. The van der Waals surface area contributed by atoms with Crippen molar-refractivity contribution in [1.82, 2.24) is 9.80 Å². The van der Waals surface area contributed by atoms with Crippen LogP contribution in [0.5, 0.6) is 0 Å². The minimum atomic E-state index is -0.532. The Balaban J connectivity index is 2.13.